The summed E-state index contributed by atoms with van der Waals surface area (Å²) in [6, 6.07) is 16.4. The molecule has 0 saturated heterocycles. The van der Waals surface area contributed by atoms with E-state index in [9.17, 15) is 9.59 Å². The number of amides is 2. The zero-order valence-electron chi connectivity index (χ0n) is 18.4. The van der Waals surface area contributed by atoms with E-state index in [1.54, 1.807) is 47.7 Å². The minimum Gasteiger partial charge on any atom is -0.492 e. The van der Waals surface area contributed by atoms with Crippen molar-refractivity contribution in [2.24, 2.45) is 0 Å². The second-order valence-corrected chi connectivity index (χ2v) is 8.04. The van der Waals surface area contributed by atoms with Crippen LogP contribution in [0.3, 0.4) is 0 Å². The molecule has 0 spiro atoms. The number of aryl methyl sites for hydroxylation is 1. The Balaban J connectivity index is 1.75. The number of nitrogens with one attached hydrogen (secondary N) is 2. The average Bonchev–Trinajstić information content (AvgIpc) is 3.31. The highest BCUT2D eigenvalue weighted by molar-refractivity contribution is 7.09. The maximum absolute atomic E-state index is 12.6. The van der Waals surface area contributed by atoms with E-state index in [1.807, 2.05) is 31.4 Å². The monoisotopic (exact) mass is 452 g/mol. The molecule has 2 amide bonds. The molecule has 32 heavy (non-hydrogen) atoms. The SMILES string of the molecule is CCOc1cc(NC(=O)c2ccccc2)c(OCC)cc1NC(=O)CCCc1cccs1. The highest BCUT2D eigenvalue weighted by Gasteiger charge is 2.17. The van der Waals surface area contributed by atoms with E-state index in [4.69, 9.17) is 9.47 Å². The predicted molar refractivity (Wildman–Crippen MR) is 129 cm³/mol. The minimum absolute atomic E-state index is 0.0916. The normalized spacial score (nSPS) is 10.4. The first-order valence-corrected chi connectivity index (χ1v) is 11.6. The zero-order valence-corrected chi connectivity index (χ0v) is 19.2. The fraction of sp³-hybridized carbons (Fsp3) is 0.280. The van der Waals surface area contributed by atoms with Crippen LogP contribution in [0.15, 0.2) is 60.0 Å². The maximum Gasteiger partial charge on any atom is 0.255 e. The number of thiophene rings is 1. The first kappa shape index (κ1) is 23.3. The summed E-state index contributed by atoms with van der Waals surface area (Å²) in [6.07, 6.45) is 2.04. The van der Waals surface area contributed by atoms with Crippen LogP contribution in [0.2, 0.25) is 0 Å². The van der Waals surface area contributed by atoms with Crippen LogP contribution in [-0.2, 0) is 11.2 Å². The Kier molecular flexibility index (Phi) is 8.69. The van der Waals surface area contributed by atoms with Gasteiger partial charge >= 0.3 is 0 Å². The molecule has 0 radical (unpaired) electrons. The highest BCUT2D eigenvalue weighted by Crippen LogP contribution is 2.37. The van der Waals surface area contributed by atoms with Crippen molar-refractivity contribution in [2.45, 2.75) is 33.1 Å². The molecule has 0 saturated carbocycles. The molecule has 0 aliphatic carbocycles. The molecule has 0 aliphatic heterocycles. The first-order chi connectivity index (χ1) is 15.6. The fourth-order valence-electron chi connectivity index (χ4n) is 3.18. The van der Waals surface area contributed by atoms with Crippen molar-refractivity contribution in [3.63, 3.8) is 0 Å². The summed E-state index contributed by atoms with van der Waals surface area (Å²) in [5.74, 6) is 0.602. The van der Waals surface area contributed by atoms with Gasteiger partial charge in [0.1, 0.15) is 11.5 Å². The van der Waals surface area contributed by atoms with Gasteiger partial charge in [-0.15, -0.1) is 11.3 Å². The summed E-state index contributed by atoms with van der Waals surface area (Å²) in [5.41, 5.74) is 1.55. The number of rotatable bonds is 11. The van der Waals surface area contributed by atoms with Gasteiger partial charge in [0.05, 0.1) is 24.6 Å². The number of ether oxygens (including phenoxy) is 2. The molecular formula is C25H28N2O4S. The summed E-state index contributed by atoms with van der Waals surface area (Å²) in [5, 5.41) is 7.86. The summed E-state index contributed by atoms with van der Waals surface area (Å²) in [7, 11) is 0. The van der Waals surface area contributed by atoms with Crippen molar-refractivity contribution in [3.8, 4) is 11.5 Å². The Morgan fingerprint density at radius 1 is 0.875 bits per heavy atom. The largest absolute Gasteiger partial charge is 0.492 e. The molecule has 0 bridgehead atoms. The molecule has 0 unspecified atom stereocenters. The van der Waals surface area contributed by atoms with Crippen molar-refractivity contribution in [2.75, 3.05) is 23.8 Å². The van der Waals surface area contributed by atoms with Gasteiger partial charge in [0, 0.05) is 29.0 Å². The molecule has 0 fully saturated rings. The van der Waals surface area contributed by atoms with E-state index in [0.717, 1.165) is 12.8 Å². The van der Waals surface area contributed by atoms with Crippen molar-refractivity contribution >= 4 is 34.5 Å². The van der Waals surface area contributed by atoms with Crippen LogP contribution < -0.4 is 20.1 Å². The van der Waals surface area contributed by atoms with Crippen LogP contribution in [0.1, 0.15) is 41.9 Å². The molecule has 2 aromatic carbocycles. The summed E-state index contributed by atoms with van der Waals surface area (Å²) < 4.78 is 11.5. The summed E-state index contributed by atoms with van der Waals surface area (Å²) in [6.45, 7) is 4.56. The lowest BCUT2D eigenvalue weighted by Crippen LogP contribution is -2.15. The van der Waals surface area contributed by atoms with Crippen LogP contribution in [-0.4, -0.2) is 25.0 Å². The highest BCUT2D eigenvalue weighted by atomic mass is 32.1. The van der Waals surface area contributed by atoms with E-state index in [1.165, 1.54) is 4.88 Å². The van der Waals surface area contributed by atoms with E-state index >= 15 is 0 Å². The molecule has 168 valence electrons. The number of carbonyl (C=O) groups is 2. The van der Waals surface area contributed by atoms with Gasteiger partial charge in [0.2, 0.25) is 5.91 Å². The third-order valence-corrected chi connectivity index (χ3v) is 5.58. The zero-order chi connectivity index (χ0) is 22.8. The molecule has 1 heterocycles. The third-order valence-electron chi connectivity index (χ3n) is 4.65. The van der Waals surface area contributed by atoms with Crippen molar-refractivity contribution in [1.29, 1.82) is 0 Å². The number of carbonyl (C=O) groups excluding carboxylic acids is 2. The van der Waals surface area contributed by atoms with E-state index in [0.29, 0.717) is 48.1 Å². The topological polar surface area (TPSA) is 76.7 Å². The van der Waals surface area contributed by atoms with Gasteiger partial charge in [0.25, 0.3) is 5.91 Å². The van der Waals surface area contributed by atoms with Crippen LogP contribution in [0.4, 0.5) is 11.4 Å². The average molecular weight is 453 g/mol. The first-order valence-electron chi connectivity index (χ1n) is 10.7. The van der Waals surface area contributed by atoms with Gasteiger partial charge in [-0.2, -0.15) is 0 Å². The number of hydrogen-bond donors (Lipinski definition) is 2. The lowest BCUT2D eigenvalue weighted by molar-refractivity contribution is -0.116. The molecular weight excluding hydrogens is 424 g/mol. The lowest BCUT2D eigenvalue weighted by Gasteiger charge is -2.18. The Hall–Kier alpha value is -3.32. The molecule has 1 aromatic heterocycles. The van der Waals surface area contributed by atoms with E-state index < -0.39 is 0 Å². The van der Waals surface area contributed by atoms with Gasteiger partial charge in [-0.25, -0.2) is 0 Å². The van der Waals surface area contributed by atoms with Crippen molar-refractivity contribution < 1.29 is 19.1 Å². The Bertz CT molecular complexity index is 1020. The molecule has 3 rings (SSSR count). The Morgan fingerprint density at radius 3 is 2.12 bits per heavy atom. The molecule has 3 aromatic rings. The van der Waals surface area contributed by atoms with Crippen LogP contribution in [0, 0.1) is 0 Å². The van der Waals surface area contributed by atoms with Crippen LogP contribution in [0.5, 0.6) is 11.5 Å². The van der Waals surface area contributed by atoms with Crippen LogP contribution >= 0.6 is 11.3 Å². The lowest BCUT2D eigenvalue weighted by atomic mass is 10.1. The smallest absolute Gasteiger partial charge is 0.255 e. The van der Waals surface area contributed by atoms with Crippen molar-refractivity contribution in [3.05, 3.63) is 70.4 Å². The van der Waals surface area contributed by atoms with Crippen LogP contribution in [0.25, 0.3) is 0 Å². The van der Waals surface area contributed by atoms with Gasteiger partial charge in [0.15, 0.2) is 0 Å². The van der Waals surface area contributed by atoms with E-state index in [-0.39, 0.29) is 11.8 Å². The number of anilines is 2. The standard InChI is InChI=1S/C25H28N2O4S/c1-3-30-22-17-21(27-25(29)18-10-6-5-7-11-18)23(31-4-2)16-20(22)26-24(28)14-8-12-19-13-9-15-32-19/h5-7,9-11,13,15-17H,3-4,8,12,14H2,1-2H3,(H,26,28)(H,27,29). The second-order valence-electron chi connectivity index (χ2n) is 7.01. The molecule has 2 N–H and O–H groups in total. The summed E-state index contributed by atoms with van der Waals surface area (Å²) in [4.78, 5) is 26.5. The molecule has 7 heteroatoms. The predicted octanol–water partition coefficient (Wildman–Crippen LogP) is 5.76. The van der Waals surface area contributed by atoms with E-state index in [2.05, 4.69) is 16.7 Å². The van der Waals surface area contributed by atoms with Gasteiger partial charge in [-0.1, -0.05) is 24.3 Å². The fourth-order valence-corrected chi connectivity index (χ4v) is 3.93. The van der Waals surface area contributed by atoms with Gasteiger partial charge in [-0.3, -0.25) is 9.59 Å². The van der Waals surface area contributed by atoms with Crippen molar-refractivity contribution in [1.82, 2.24) is 0 Å². The minimum atomic E-state index is -0.251. The molecule has 0 atom stereocenters. The maximum atomic E-state index is 12.6. The third kappa shape index (κ3) is 6.59. The quantitative estimate of drug-likeness (QED) is 0.388. The Morgan fingerprint density at radius 2 is 1.53 bits per heavy atom. The number of benzene rings is 2. The second kappa shape index (κ2) is 11.9. The number of hydrogen-bond acceptors (Lipinski definition) is 5. The van der Waals surface area contributed by atoms with Gasteiger partial charge in [-0.05, 0) is 50.3 Å². The van der Waals surface area contributed by atoms with Gasteiger partial charge < -0.3 is 20.1 Å². The summed E-state index contributed by atoms with van der Waals surface area (Å²) >= 11 is 1.70. The molecule has 0 aliphatic rings. The molecule has 6 nitrogen and oxygen atoms in total. The Labute approximate surface area is 192 Å².